The van der Waals surface area contributed by atoms with Crippen molar-refractivity contribution in [1.29, 1.82) is 0 Å². The van der Waals surface area contributed by atoms with Crippen LogP contribution < -0.4 is 0 Å². The third-order valence-electron chi connectivity index (χ3n) is 4.14. The van der Waals surface area contributed by atoms with E-state index in [2.05, 4.69) is 33.4 Å². The van der Waals surface area contributed by atoms with Gasteiger partial charge in [0.1, 0.15) is 16.2 Å². The Balaban J connectivity index is 1.71. The van der Waals surface area contributed by atoms with E-state index in [1.807, 2.05) is 41.9 Å². The highest BCUT2D eigenvalue weighted by Crippen LogP contribution is 2.24. The Labute approximate surface area is 149 Å². The van der Waals surface area contributed by atoms with Gasteiger partial charge in [-0.3, -0.25) is 9.20 Å². The van der Waals surface area contributed by atoms with Crippen molar-refractivity contribution in [2.45, 2.75) is 19.8 Å². The molecule has 124 valence electrons. The van der Waals surface area contributed by atoms with Crippen molar-refractivity contribution >= 4 is 22.8 Å². The minimum Gasteiger partial charge on any atom is -0.300 e. The molecule has 0 unspecified atom stereocenters. The largest absolute Gasteiger partial charge is 0.300 e. The summed E-state index contributed by atoms with van der Waals surface area (Å²) in [6, 6.07) is 12.1. The van der Waals surface area contributed by atoms with E-state index < -0.39 is 0 Å². The van der Waals surface area contributed by atoms with Crippen LogP contribution in [0.25, 0.3) is 16.9 Å². The van der Waals surface area contributed by atoms with Gasteiger partial charge in [0, 0.05) is 30.2 Å². The Morgan fingerprint density at radius 1 is 1.24 bits per heavy atom. The van der Waals surface area contributed by atoms with Crippen molar-refractivity contribution in [1.82, 2.24) is 19.6 Å². The molecule has 0 saturated carbocycles. The van der Waals surface area contributed by atoms with E-state index in [1.54, 1.807) is 16.8 Å². The number of nitrogens with zero attached hydrogens (tertiary/aromatic N) is 4. The number of benzene rings is 1. The van der Waals surface area contributed by atoms with E-state index in [0.29, 0.717) is 12.0 Å². The lowest BCUT2D eigenvalue weighted by Gasteiger charge is -2.05. The average molecular weight is 348 g/mol. The number of pyridine rings is 1. The number of hydrogen-bond donors (Lipinski definition) is 0. The van der Waals surface area contributed by atoms with Crippen LogP contribution in [-0.4, -0.2) is 25.4 Å². The Kier molecular flexibility index (Phi) is 4.11. The molecule has 3 aromatic heterocycles. The Hall–Kier alpha value is -2.86. The second-order valence-electron chi connectivity index (χ2n) is 5.77. The van der Waals surface area contributed by atoms with E-state index in [-0.39, 0.29) is 5.78 Å². The summed E-state index contributed by atoms with van der Waals surface area (Å²) in [6.07, 6.45) is 5.03. The smallest absolute Gasteiger partial charge is 0.162 e. The first-order valence-corrected chi connectivity index (χ1v) is 8.97. The second kappa shape index (κ2) is 6.57. The summed E-state index contributed by atoms with van der Waals surface area (Å²) in [4.78, 5) is 16.4. The number of Topliss-reactive ketones (excluding diaryl/α,β-unsaturated/α-hetero) is 1. The molecule has 6 heteroatoms. The highest BCUT2D eigenvalue weighted by molar-refractivity contribution is 7.09. The number of rotatable bonds is 5. The van der Waals surface area contributed by atoms with Crippen molar-refractivity contribution < 1.29 is 4.79 Å². The number of fused-ring (bicyclic) bond motifs is 1. The third-order valence-corrected chi connectivity index (χ3v) is 4.84. The van der Waals surface area contributed by atoms with Crippen LogP contribution in [0.5, 0.6) is 0 Å². The van der Waals surface area contributed by atoms with Gasteiger partial charge in [0.15, 0.2) is 5.78 Å². The summed E-state index contributed by atoms with van der Waals surface area (Å²) in [7, 11) is 0. The Bertz CT molecular complexity index is 1040. The van der Waals surface area contributed by atoms with Gasteiger partial charge >= 0.3 is 0 Å². The van der Waals surface area contributed by atoms with Crippen molar-refractivity contribution in [3.8, 4) is 11.3 Å². The third kappa shape index (κ3) is 3.08. The average Bonchev–Trinajstić information content (AvgIpc) is 3.30. The molecule has 0 spiro atoms. The van der Waals surface area contributed by atoms with E-state index in [4.69, 9.17) is 0 Å². The molecule has 0 atom stereocenters. The molecule has 0 saturated heterocycles. The highest BCUT2D eigenvalue weighted by Gasteiger charge is 2.10. The molecule has 0 amide bonds. The van der Waals surface area contributed by atoms with E-state index >= 15 is 0 Å². The van der Waals surface area contributed by atoms with Crippen LogP contribution in [0.4, 0.5) is 0 Å². The predicted molar refractivity (Wildman–Crippen MR) is 98.0 cm³/mol. The molecule has 0 aliphatic rings. The summed E-state index contributed by atoms with van der Waals surface area (Å²) in [6.45, 7) is 1.87. The van der Waals surface area contributed by atoms with Gasteiger partial charge in [-0.05, 0) is 23.8 Å². The fourth-order valence-corrected chi connectivity index (χ4v) is 3.42. The first kappa shape index (κ1) is 15.7. The van der Waals surface area contributed by atoms with Crippen LogP contribution in [0.15, 0.2) is 54.3 Å². The molecule has 0 fully saturated rings. The molecular formula is C19H16N4OS. The van der Waals surface area contributed by atoms with Crippen molar-refractivity contribution in [2.24, 2.45) is 0 Å². The maximum Gasteiger partial charge on any atom is 0.162 e. The zero-order valence-electron chi connectivity index (χ0n) is 13.7. The standard InChI is InChI=1S/C19H16N4OS/c1-2-17(24)15-6-7-23-16(11-20-18(23)10-15)14-5-3-4-13(8-14)9-19-22-21-12-25-19/h3-8,10-12H,2,9H2,1H3. The molecule has 3 heterocycles. The number of ketones is 1. The summed E-state index contributed by atoms with van der Waals surface area (Å²) < 4.78 is 2.01. The monoisotopic (exact) mass is 348 g/mol. The molecule has 0 bridgehead atoms. The first-order chi connectivity index (χ1) is 12.2. The van der Waals surface area contributed by atoms with Crippen LogP contribution in [0.2, 0.25) is 0 Å². The molecule has 25 heavy (non-hydrogen) atoms. The van der Waals surface area contributed by atoms with Gasteiger partial charge in [-0.1, -0.05) is 25.1 Å². The molecule has 0 aliphatic heterocycles. The zero-order chi connectivity index (χ0) is 17.2. The quantitative estimate of drug-likeness (QED) is 0.511. The number of imidazole rings is 1. The predicted octanol–water partition coefficient (Wildman–Crippen LogP) is 4.04. The van der Waals surface area contributed by atoms with Crippen LogP contribution in [0.1, 0.15) is 34.3 Å². The van der Waals surface area contributed by atoms with Crippen molar-refractivity contribution in [2.75, 3.05) is 0 Å². The topological polar surface area (TPSA) is 60.2 Å². The van der Waals surface area contributed by atoms with Gasteiger partial charge in [-0.2, -0.15) is 0 Å². The van der Waals surface area contributed by atoms with Crippen LogP contribution in [0.3, 0.4) is 0 Å². The molecule has 0 aliphatic carbocycles. The highest BCUT2D eigenvalue weighted by atomic mass is 32.1. The molecule has 4 rings (SSSR count). The molecule has 1 aromatic carbocycles. The van der Waals surface area contributed by atoms with Gasteiger partial charge < -0.3 is 0 Å². The van der Waals surface area contributed by atoms with Gasteiger partial charge in [0.2, 0.25) is 0 Å². The van der Waals surface area contributed by atoms with Gasteiger partial charge in [0.25, 0.3) is 0 Å². The molecule has 5 nitrogen and oxygen atoms in total. The van der Waals surface area contributed by atoms with E-state index in [9.17, 15) is 4.79 Å². The minimum absolute atomic E-state index is 0.131. The van der Waals surface area contributed by atoms with E-state index in [0.717, 1.165) is 28.3 Å². The van der Waals surface area contributed by atoms with Gasteiger partial charge in [-0.25, -0.2) is 4.98 Å². The first-order valence-electron chi connectivity index (χ1n) is 8.09. The Morgan fingerprint density at radius 2 is 2.16 bits per heavy atom. The lowest BCUT2D eigenvalue weighted by Crippen LogP contribution is -1.98. The fourth-order valence-electron chi connectivity index (χ4n) is 2.86. The minimum atomic E-state index is 0.131. The number of carbonyl (C=O) groups is 1. The number of aromatic nitrogens is 4. The summed E-state index contributed by atoms with van der Waals surface area (Å²) >= 11 is 1.56. The maximum atomic E-state index is 11.9. The van der Waals surface area contributed by atoms with Crippen molar-refractivity contribution in [3.05, 3.63) is 70.4 Å². The lowest BCUT2D eigenvalue weighted by atomic mass is 10.1. The van der Waals surface area contributed by atoms with Gasteiger partial charge in [-0.15, -0.1) is 21.5 Å². The van der Waals surface area contributed by atoms with E-state index in [1.165, 1.54) is 5.56 Å². The Morgan fingerprint density at radius 3 is 2.96 bits per heavy atom. The molecular weight excluding hydrogens is 332 g/mol. The summed E-state index contributed by atoms with van der Waals surface area (Å²) in [5.74, 6) is 0.131. The second-order valence-corrected chi connectivity index (χ2v) is 6.69. The van der Waals surface area contributed by atoms with Crippen LogP contribution in [0, 0.1) is 0 Å². The lowest BCUT2D eigenvalue weighted by molar-refractivity contribution is 0.0988. The molecule has 0 radical (unpaired) electrons. The normalized spacial score (nSPS) is 11.1. The summed E-state index contributed by atoms with van der Waals surface area (Å²) in [5.41, 5.74) is 6.51. The van der Waals surface area contributed by atoms with Crippen LogP contribution in [-0.2, 0) is 6.42 Å². The van der Waals surface area contributed by atoms with Gasteiger partial charge in [0.05, 0.1) is 11.9 Å². The van der Waals surface area contributed by atoms with Crippen molar-refractivity contribution in [3.63, 3.8) is 0 Å². The number of carbonyl (C=O) groups excluding carboxylic acids is 1. The molecule has 0 N–H and O–H groups in total. The summed E-state index contributed by atoms with van der Waals surface area (Å²) in [5, 5.41) is 8.99. The SMILES string of the molecule is CCC(=O)c1ccn2c(-c3cccc(Cc4nncs4)c3)cnc2c1. The van der Waals surface area contributed by atoms with Crippen LogP contribution >= 0.6 is 11.3 Å². The maximum absolute atomic E-state index is 11.9. The zero-order valence-corrected chi connectivity index (χ0v) is 14.5. The fraction of sp³-hybridized carbons (Fsp3) is 0.158. The molecule has 4 aromatic rings. The number of hydrogen-bond acceptors (Lipinski definition) is 5.